The van der Waals surface area contributed by atoms with Crippen molar-refractivity contribution in [3.05, 3.63) is 0 Å². The van der Waals surface area contributed by atoms with E-state index in [9.17, 15) is 9.59 Å². The summed E-state index contributed by atoms with van der Waals surface area (Å²) >= 11 is 0. The summed E-state index contributed by atoms with van der Waals surface area (Å²) in [6, 6.07) is 0.313. The Morgan fingerprint density at radius 1 is 1.00 bits per heavy atom. The molecule has 1 unspecified atom stereocenters. The highest BCUT2D eigenvalue weighted by Gasteiger charge is 2.24. The molecule has 2 fully saturated rings. The van der Waals surface area contributed by atoms with Crippen LogP contribution in [0.15, 0.2) is 0 Å². The van der Waals surface area contributed by atoms with Crippen LogP contribution in [0, 0.1) is 5.92 Å². The van der Waals surface area contributed by atoms with Crippen molar-refractivity contribution in [3.8, 4) is 0 Å². The van der Waals surface area contributed by atoms with Crippen LogP contribution >= 0.6 is 0 Å². The van der Waals surface area contributed by atoms with Crippen LogP contribution in [0.3, 0.4) is 0 Å². The zero-order valence-electron chi connectivity index (χ0n) is 15.0. The van der Waals surface area contributed by atoms with Gasteiger partial charge in [-0.15, -0.1) is 0 Å². The Kier molecular flexibility index (Phi) is 8.57. The molecule has 24 heavy (non-hydrogen) atoms. The van der Waals surface area contributed by atoms with Crippen molar-refractivity contribution in [1.29, 1.82) is 0 Å². The molecule has 1 aliphatic carbocycles. The molecule has 1 heterocycles. The normalized spacial score (nSPS) is 22.9. The van der Waals surface area contributed by atoms with E-state index in [2.05, 4.69) is 5.32 Å². The number of nitrogens with zero attached hydrogens (tertiary/aromatic N) is 1. The summed E-state index contributed by atoms with van der Waals surface area (Å²) in [6.07, 6.45) is 11.7. The van der Waals surface area contributed by atoms with Gasteiger partial charge in [-0.05, 0) is 44.4 Å². The van der Waals surface area contributed by atoms with E-state index >= 15 is 0 Å². The molecule has 2 amide bonds. The Balaban J connectivity index is 1.66. The van der Waals surface area contributed by atoms with Crippen molar-refractivity contribution in [1.82, 2.24) is 10.2 Å². The summed E-state index contributed by atoms with van der Waals surface area (Å²) in [5, 5.41) is 12.1. The van der Waals surface area contributed by atoms with Gasteiger partial charge in [-0.25, -0.2) is 0 Å². The van der Waals surface area contributed by atoms with Crippen molar-refractivity contribution in [3.63, 3.8) is 0 Å². The lowest BCUT2D eigenvalue weighted by Crippen LogP contribution is -2.41. The largest absolute Gasteiger partial charge is 0.396 e. The second kappa shape index (κ2) is 10.7. The highest BCUT2D eigenvalue weighted by molar-refractivity contribution is 5.84. The molecule has 0 aromatic rings. The van der Waals surface area contributed by atoms with Crippen LogP contribution in [0.1, 0.15) is 77.0 Å². The average Bonchev–Trinajstić information content (AvgIpc) is 2.86. The molecule has 0 aromatic carbocycles. The van der Waals surface area contributed by atoms with E-state index in [-0.39, 0.29) is 18.4 Å². The fourth-order valence-corrected chi connectivity index (χ4v) is 4.01. The van der Waals surface area contributed by atoms with Crippen LogP contribution < -0.4 is 5.32 Å². The first kappa shape index (κ1) is 19.2. The zero-order valence-corrected chi connectivity index (χ0v) is 15.0. The molecule has 1 saturated heterocycles. The monoisotopic (exact) mass is 338 g/mol. The number of amides is 2. The summed E-state index contributed by atoms with van der Waals surface area (Å²) in [6.45, 7) is 1.84. The number of hydrogen-bond acceptors (Lipinski definition) is 3. The predicted octanol–water partition coefficient (Wildman–Crippen LogP) is 2.62. The average molecular weight is 338 g/mol. The van der Waals surface area contributed by atoms with Gasteiger partial charge in [-0.2, -0.15) is 0 Å². The van der Waals surface area contributed by atoms with E-state index in [0.717, 1.165) is 51.6 Å². The molecule has 1 saturated carbocycles. The lowest BCUT2D eigenvalue weighted by molar-refractivity contribution is -0.135. The SMILES string of the molecule is O=C(CCC(=O)N1CCCC(CCCO)C1)NC1CCCCCC1. The zero-order chi connectivity index (χ0) is 17.2. The molecule has 1 aliphatic heterocycles. The molecule has 5 heteroatoms. The third-order valence-electron chi connectivity index (χ3n) is 5.43. The highest BCUT2D eigenvalue weighted by atomic mass is 16.3. The summed E-state index contributed by atoms with van der Waals surface area (Å²) in [5.74, 6) is 0.651. The molecule has 1 atom stereocenters. The molecule has 0 bridgehead atoms. The Labute approximate surface area is 146 Å². The Morgan fingerprint density at radius 2 is 1.75 bits per heavy atom. The van der Waals surface area contributed by atoms with Gasteiger partial charge in [0.1, 0.15) is 0 Å². The van der Waals surface area contributed by atoms with Gasteiger partial charge >= 0.3 is 0 Å². The van der Waals surface area contributed by atoms with E-state index in [4.69, 9.17) is 5.11 Å². The van der Waals surface area contributed by atoms with Crippen LogP contribution in [0.4, 0.5) is 0 Å². The van der Waals surface area contributed by atoms with E-state index in [1.807, 2.05) is 4.90 Å². The standard InChI is InChI=1S/C19H34N2O3/c22-14-6-8-16-7-5-13-21(15-16)19(24)12-11-18(23)20-17-9-3-1-2-4-10-17/h16-17,22H,1-15H2,(H,20,23). The van der Waals surface area contributed by atoms with Crippen LogP contribution in [0.5, 0.6) is 0 Å². The predicted molar refractivity (Wildman–Crippen MR) is 94.5 cm³/mol. The number of piperidine rings is 1. The molecule has 5 nitrogen and oxygen atoms in total. The van der Waals surface area contributed by atoms with Crippen molar-refractivity contribution < 1.29 is 14.7 Å². The minimum absolute atomic E-state index is 0.0316. The third-order valence-corrected chi connectivity index (χ3v) is 5.43. The van der Waals surface area contributed by atoms with E-state index in [1.54, 1.807) is 0 Å². The number of nitrogens with one attached hydrogen (secondary N) is 1. The number of aliphatic hydroxyl groups excluding tert-OH is 1. The van der Waals surface area contributed by atoms with Crippen LogP contribution in [-0.4, -0.2) is 47.6 Å². The first-order chi connectivity index (χ1) is 11.7. The quantitative estimate of drug-likeness (QED) is 0.701. The molecule has 0 radical (unpaired) electrons. The van der Waals surface area contributed by atoms with Crippen LogP contribution in [0.2, 0.25) is 0 Å². The second-order valence-corrected chi connectivity index (χ2v) is 7.47. The van der Waals surface area contributed by atoms with Crippen molar-refractivity contribution in [2.45, 2.75) is 83.1 Å². The molecule has 2 rings (SSSR count). The molecular weight excluding hydrogens is 304 g/mol. The number of rotatable bonds is 7. The summed E-state index contributed by atoms with van der Waals surface area (Å²) in [4.78, 5) is 26.4. The maximum atomic E-state index is 12.4. The number of likely N-dealkylation sites (tertiary alicyclic amines) is 1. The summed E-state index contributed by atoms with van der Waals surface area (Å²) in [7, 11) is 0. The van der Waals surface area contributed by atoms with Gasteiger partial charge in [-0.1, -0.05) is 25.7 Å². The van der Waals surface area contributed by atoms with Crippen molar-refractivity contribution in [2.75, 3.05) is 19.7 Å². The summed E-state index contributed by atoms with van der Waals surface area (Å²) < 4.78 is 0. The highest BCUT2D eigenvalue weighted by Crippen LogP contribution is 2.22. The van der Waals surface area contributed by atoms with Crippen molar-refractivity contribution >= 4 is 11.8 Å². The molecular formula is C19H34N2O3. The Bertz CT molecular complexity index is 392. The van der Waals surface area contributed by atoms with E-state index in [0.29, 0.717) is 24.8 Å². The van der Waals surface area contributed by atoms with Crippen LogP contribution in [-0.2, 0) is 9.59 Å². The lowest BCUT2D eigenvalue weighted by atomic mass is 9.93. The molecule has 0 spiro atoms. The van der Waals surface area contributed by atoms with E-state index < -0.39 is 0 Å². The fraction of sp³-hybridized carbons (Fsp3) is 0.895. The maximum absolute atomic E-state index is 12.4. The van der Waals surface area contributed by atoms with Crippen LogP contribution in [0.25, 0.3) is 0 Å². The minimum Gasteiger partial charge on any atom is -0.396 e. The molecule has 2 N–H and O–H groups in total. The third kappa shape index (κ3) is 6.80. The summed E-state index contributed by atoms with van der Waals surface area (Å²) in [5.41, 5.74) is 0. The van der Waals surface area contributed by atoms with Gasteiger partial charge in [0.25, 0.3) is 0 Å². The molecule has 0 aromatic heterocycles. The van der Waals surface area contributed by atoms with Crippen molar-refractivity contribution in [2.24, 2.45) is 5.92 Å². The first-order valence-corrected chi connectivity index (χ1v) is 9.87. The number of hydrogen-bond donors (Lipinski definition) is 2. The minimum atomic E-state index is 0.0316. The molecule has 2 aliphatic rings. The smallest absolute Gasteiger partial charge is 0.223 e. The Morgan fingerprint density at radius 3 is 2.46 bits per heavy atom. The first-order valence-electron chi connectivity index (χ1n) is 9.87. The number of carbonyl (C=O) groups excluding carboxylic acids is 2. The lowest BCUT2D eigenvalue weighted by Gasteiger charge is -2.33. The van der Waals surface area contributed by atoms with Gasteiger partial charge in [-0.3, -0.25) is 9.59 Å². The van der Waals surface area contributed by atoms with Gasteiger partial charge in [0.15, 0.2) is 0 Å². The molecule has 138 valence electrons. The fourth-order valence-electron chi connectivity index (χ4n) is 4.01. The topological polar surface area (TPSA) is 69.6 Å². The Hall–Kier alpha value is -1.10. The maximum Gasteiger partial charge on any atom is 0.223 e. The number of carbonyl (C=O) groups is 2. The van der Waals surface area contributed by atoms with Gasteiger partial charge in [0.2, 0.25) is 11.8 Å². The van der Waals surface area contributed by atoms with Gasteiger partial charge in [0, 0.05) is 38.6 Å². The van der Waals surface area contributed by atoms with Gasteiger partial charge in [0.05, 0.1) is 0 Å². The number of aliphatic hydroxyl groups is 1. The van der Waals surface area contributed by atoms with E-state index in [1.165, 1.54) is 25.7 Å². The van der Waals surface area contributed by atoms with Gasteiger partial charge < -0.3 is 15.3 Å². The second-order valence-electron chi connectivity index (χ2n) is 7.47.